The average molecular weight is 358 g/mol. The van der Waals surface area contributed by atoms with Crippen LogP contribution in [-0.2, 0) is 11.3 Å². The first kappa shape index (κ1) is 17.2. The van der Waals surface area contributed by atoms with Crippen molar-refractivity contribution in [2.45, 2.75) is 32.5 Å². The minimum atomic E-state index is -0.901. The van der Waals surface area contributed by atoms with Gasteiger partial charge >= 0.3 is 5.97 Å². The largest absolute Gasteiger partial charge is 0.481 e. The van der Waals surface area contributed by atoms with E-state index in [1.807, 2.05) is 42.2 Å². The maximum absolute atomic E-state index is 10.9. The molecule has 3 aromatic rings. The van der Waals surface area contributed by atoms with Gasteiger partial charge in [0.2, 0.25) is 0 Å². The molecule has 3 heterocycles. The number of rotatable bonds is 6. The topological polar surface area (TPSA) is 98.7 Å². The molecule has 0 saturated carbocycles. The van der Waals surface area contributed by atoms with Crippen LogP contribution in [0.3, 0.4) is 0 Å². The van der Waals surface area contributed by atoms with Gasteiger partial charge in [-0.1, -0.05) is 11.8 Å². The van der Waals surface area contributed by atoms with Gasteiger partial charge < -0.3 is 5.11 Å². The van der Waals surface area contributed by atoms with Gasteiger partial charge in [0.05, 0.1) is 23.3 Å². The van der Waals surface area contributed by atoms with Crippen molar-refractivity contribution in [3.8, 4) is 5.69 Å². The monoisotopic (exact) mass is 358 g/mol. The van der Waals surface area contributed by atoms with E-state index in [9.17, 15) is 4.79 Å². The molecule has 130 valence electrons. The second kappa shape index (κ2) is 7.06. The van der Waals surface area contributed by atoms with Crippen LogP contribution in [0.5, 0.6) is 0 Å². The fourth-order valence-electron chi connectivity index (χ4n) is 2.44. The summed E-state index contributed by atoms with van der Waals surface area (Å²) in [6.07, 6.45) is 3.38. The van der Waals surface area contributed by atoms with Crippen LogP contribution in [0.15, 0.2) is 29.7 Å². The normalized spacial score (nSPS) is 11.0. The van der Waals surface area contributed by atoms with Crippen LogP contribution < -0.4 is 0 Å². The summed E-state index contributed by atoms with van der Waals surface area (Å²) in [5.41, 5.74) is 3.98. The smallest absolute Gasteiger partial charge is 0.313 e. The number of thioether (sulfide) groups is 1. The van der Waals surface area contributed by atoms with E-state index in [0.29, 0.717) is 17.5 Å². The third kappa shape index (κ3) is 3.55. The number of nitrogens with zero attached hydrogens (tertiary/aromatic N) is 6. The summed E-state index contributed by atoms with van der Waals surface area (Å²) in [4.78, 5) is 15.0. The first-order chi connectivity index (χ1) is 12.0. The van der Waals surface area contributed by atoms with Crippen molar-refractivity contribution in [3.63, 3.8) is 0 Å². The Kier molecular flexibility index (Phi) is 4.84. The van der Waals surface area contributed by atoms with Gasteiger partial charge in [-0.3, -0.25) is 19.0 Å². The van der Waals surface area contributed by atoms with Crippen molar-refractivity contribution in [2.24, 2.45) is 0 Å². The van der Waals surface area contributed by atoms with Crippen LogP contribution in [-0.4, -0.2) is 46.4 Å². The molecule has 0 fully saturated rings. The molecule has 0 saturated heterocycles. The fourth-order valence-corrected chi connectivity index (χ4v) is 3.13. The Hall–Kier alpha value is -2.68. The molecule has 0 aliphatic rings. The van der Waals surface area contributed by atoms with Gasteiger partial charge in [-0.05, 0) is 38.5 Å². The van der Waals surface area contributed by atoms with E-state index in [1.165, 1.54) is 0 Å². The third-order valence-electron chi connectivity index (χ3n) is 3.96. The highest BCUT2D eigenvalue weighted by atomic mass is 32.2. The van der Waals surface area contributed by atoms with Crippen molar-refractivity contribution in [3.05, 3.63) is 47.3 Å². The molecule has 0 radical (unpaired) electrons. The fraction of sp³-hybridized carbons (Fsp3) is 0.312. The van der Waals surface area contributed by atoms with Crippen molar-refractivity contribution >= 4 is 17.7 Å². The Morgan fingerprint density at radius 2 is 2.08 bits per heavy atom. The Bertz CT molecular complexity index is 903. The van der Waals surface area contributed by atoms with Crippen LogP contribution in [0.2, 0.25) is 0 Å². The first-order valence-corrected chi connectivity index (χ1v) is 8.66. The summed E-state index contributed by atoms with van der Waals surface area (Å²) in [5, 5.41) is 22.4. The molecule has 0 spiro atoms. The van der Waals surface area contributed by atoms with Gasteiger partial charge in [0.1, 0.15) is 6.54 Å². The van der Waals surface area contributed by atoms with Crippen LogP contribution in [0.4, 0.5) is 0 Å². The summed E-state index contributed by atoms with van der Waals surface area (Å²) in [6.45, 7) is 6.46. The average Bonchev–Trinajstić information content (AvgIpc) is 3.10. The Balaban J connectivity index is 2.01. The Morgan fingerprint density at radius 1 is 1.28 bits per heavy atom. The van der Waals surface area contributed by atoms with Gasteiger partial charge in [-0.25, -0.2) is 0 Å². The summed E-state index contributed by atoms with van der Waals surface area (Å²) in [7, 11) is 0. The number of hydrogen-bond donors (Lipinski definition) is 1. The molecule has 0 aromatic carbocycles. The summed E-state index contributed by atoms with van der Waals surface area (Å²) in [5.74, 6) is -0.315. The van der Waals surface area contributed by atoms with E-state index in [1.54, 1.807) is 12.4 Å². The summed E-state index contributed by atoms with van der Waals surface area (Å²) >= 11 is 1.13. The van der Waals surface area contributed by atoms with Crippen LogP contribution in [0, 0.1) is 20.8 Å². The molecule has 1 N–H and O–H groups in total. The van der Waals surface area contributed by atoms with Gasteiger partial charge in [0.15, 0.2) is 11.0 Å². The minimum absolute atomic E-state index is 0.0859. The molecule has 0 amide bonds. The number of aromatic nitrogens is 6. The zero-order valence-electron chi connectivity index (χ0n) is 14.2. The van der Waals surface area contributed by atoms with Gasteiger partial charge in [-0.2, -0.15) is 5.10 Å². The zero-order valence-corrected chi connectivity index (χ0v) is 15.0. The minimum Gasteiger partial charge on any atom is -0.481 e. The molecule has 0 unspecified atom stereocenters. The van der Waals surface area contributed by atoms with E-state index < -0.39 is 5.97 Å². The lowest BCUT2D eigenvalue weighted by Crippen LogP contribution is -2.11. The molecule has 3 aromatic heterocycles. The lowest BCUT2D eigenvalue weighted by atomic mass is 10.2. The van der Waals surface area contributed by atoms with Gasteiger partial charge in [0, 0.05) is 11.9 Å². The summed E-state index contributed by atoms with van der Waals surface area (Å²) < 4.78 is 3.71. The number of carboxylic acid groups (broad SMARTS) is 1. The van der Waals surface area contributed by atoms with E-state index >= 15 is 0 Å². The van der Waals surface area contributed by atoms with Crippen LogP contribution >= 0.6 is 11.8 Å². The maximum Gasteiger partial charge on any atom is 0.313 e. The quantitative estimate of drug-likeness (QED) is 0.673. The number of carboxylic acids is 1. The standard InChI is InChI=1S/C16H18N6O2S/c1-10-11(2)20-21(12(10)3)8-14-18-19-16(25-9-15(23)24)22(14)13-5-4-6-17-7-13/h4-7H,8-9H2,1-3H3,(H,23,24). The van der Waals surface area contributed by atoms with Crippen molar-refractivity contribution in [1.29, 1.82) is 0 Å². The van der Waals surface area contributed by atoms with Crippen molar-refractivity contribution < 1.29 is 9.90 Å². The number of carbonyl (C=O) groups is 1. The highest BCUT2D eigenvalue weighted by Crippen LogP contribution is 2.22. The first-order valence-electron chi connectivity index (χ1n) is 7.67. The number of hydrogen-bond acceptors (Lipinski definition) is 6. The second-order valence-electron chi connectivity index (χ2n) is 5.58. The number of aryl methyl sites for hydroxylation is 1. The van der Waals surface area contributed by atoms with Gasteiger partial charge in [-0.15, -0.1) is 10.2 Å². The number of pyridine rings is 1. The maximum atomic E-state index is 10.9. The molecule has 0 aliphatic heterocycles. The van der Waals surface area contributed by atoms with Crippen molar-refractivity contribution in [1.82, 2.24) is 29.5 Å². The lowest BCUT2D eigenvalue weighted by molar-refractivity contribution is -0.133. The molecular weight excluding hydrogens is 340 g/mol. The third-order valence-corrected chi connectivity index (χ3v) is 4.88. The van der Waals surface area contributed by atoms with Crippen LogP contribution in [0.1, 0.15) is 22.8 Å². The van der Waals surface area contributed by atoms with Gasteiger partial charge in [0.25, 0.3) is 0 Å². The lowest BCUT2D eigenvalue weighted by Gasteiger charge is -2.10. The summed E-state index contributed by atoms with van der Waals surface area (Å²) in [6, 6.07) is 3.70. The Morgan fingerprint density at radius 3 is 2.68 bits per heavy atom. The second-order valence-corrected chi connectivity index (χ2v) is 6.52. The predicted octanol–water partition coefficient (Wildman–Crippen LogP) is 2.01. The molecule has 0 bridgehead atoms. The molecule has 8 nitrogen and oxygen atoms in total. The van der Waals surface area contributed by atoms with E-state index in [0.717, 1.165) is 34.4 Å². The molecule has 9 heteroatoms. The number of aliphatic carboxylic acids is 1. The van der Waals surface area contributed by atoms with E-state index in [-0.39, 0.29) is 5.75 Å². The highest BCUT2D eigenvalue weighted by molar-refractivity contribution is 7.99. The highest BCUT2D eigenvalue weighted by Gasteiger charge is 2.18. The predicted molar refractivity (Wildman–Crippen MR) is 93.1 cm³/mol. The van der Waals surface area contributed by atoms with Crippen LogP contribution in [0.25, 0.3) is 5.69 Å². The molecule has 3 rings (SSSR count). The Labute approximate surface area is 148 Å². The molecule has 0 aliphatic carbocycles. The molecule has 25 heavy (non-hydrogen) atoms. The van der Waals surface area contributed by atoms with Crippen molar-refractivity contribution in [2.75, 3.05) is 5.75 Å². The van der Waals surface area contributed by atoms with E-state index in [4.69, 9.17) is 5.11 Å². The van der Waals surface area contributed by atoms with E-state index in [2.05, 4.69) is 20.3 Å². The molecule has 0 atom stereocenters. The SMILES string of the molecule is Cc1nn(Cc2nnc(SCC(=O)O)n2-c2cccnc2)c(C)c1C. The zero-order chi connectivity index (χ0) is 18.0. The molecular formula is C16H18N6O2S.